The van der Waals surface area contributed by atoms with Crippen LogP contribution in [0.5, 0.6) is 0 Å². The summed E-state index contributed by atoms with van der Waals surface area (Å²) < 4.78 is 0. The second-order valence-electron chi connectivity index (χ2n) is 5.05. The van der Waals surface area contributed by atoms with Gasteiger partial charge in [0.15, 0.2) is 5.96 Å². The van der Waals surface area contributed by atoms with E-state index in [1.165, 1.54) is 43.6 Å². The van der Waals surface area contributed by atoms with Crippen LogP contribution in [-0.2, 0) is 0 Å². The molecule has 1 saturated heterocycles. The molecule has 0 aromatic rings. The molecule has 4 heteroatoms. The molecule has 2 rings (SSSR count). The number of rotatable bonds is 5. The molecule has 1 heterocycles. The van der Waals surface area contributed by atoms with Crippen molar-refractivity contribution in [1.82, 2.24) is 10.6 Å². The van der Waals surface area contributed by atoms with Gasteiger partial charge >= 0.3 is 0 Å². The van der Waals surface area contributed by atoms with Crippen LogP contribution in [-0.4, -0.2) is 36.6 Å². The maximum absolute atomic E-state index is 4.67. The van der Waals surface area contributed by atoms with Crippen LogP contribution in [0.15, 0.2) is 4.99 Å². The lowest BCUT2D eigenvalue weighted by Gasteiger charge is -2.24. The third kappa shape index (κ3) is 5.19. The van der Waals surface area contributed by atoms with Crippen molar-refractivity contribution >= 4 is 17.7 Å². The van der Waals surface area contributed by atoms with Crippen molar-refractivity contribution in [3.8, 4) is 0 Å². The first-order chi connectivity index (χ1) is 8.38. The van der Waals surface area contributed by atoms with Gasteiger partial charge in [-0.15, -0.1) is 0 Å². The number of nitrogens with zero attached hydrogens (tertiary/aromatic N) is 1. The van der Waals surface area contributed by atoms with Gasteiger partial charge in [-0.05, 0) is 37.9 Å². The van der Waals surface area contributed by atoms with Gasteiger partial charge in [0.25, 0.3) is 0 Å². The molecule has 2 fully saturated rings. The fraction of sp³-hybridized carbons (Fsp3) is 0.923. The summed E-state index contributed by atoms with van der Waals surface area (Å²) in [6.45, 7) is 4.07. The fourth-order valence-electron chi connectivity index (χ4n) is 2.13. The van der Waals surface area contributed by atoms with Gasteiger partial charge in [0.1, 0.15) is 0 Å². The van der Waals surface area contributed by atoms with Gasteiger partial charge in [0.05, 0.1) is 0 Å². The summed E-state index contributed by atoms with van der Waals surface area (Å²) in [6.07, 6.45) is 6.76. The molecule has 17 heavy (non-hydrogen) atoms. The van der Waals surface area contributed by atoms with Gasteiger partial charge in [-0.2, -0.15) is 11.8 Å². The average molecular weight is 255 g/mol. The van der Waals surface area contributed by atoms with Crippen LogP contribution < -0.4 is 10.6 Å². The summed E-state index contributed by atoms with van der Waals surface area (Å²) in [5.41, 5.74) is 0. The van der Waals surface area contributed by atoms with Crippen molar-refractivity contribution < 1.29 is 0 Å². The highest BCUT2D eigenvalue weighted by atomic mass is 32.2. The topological polar surface area (TPSA) is 36.4 Å². The zero-order valence-electron chi connectivity index (χ0n) is 10.9. The van der Waals surface area contributed by atoms with Crippen molar-refractivity contribution in [1.29, 1.82) is 0 Å². The Labute approximate surface area is 109 Å². The predicted octanol–water partition coefficient (Wildman–Crippen LogP) is 2.24. The Morgan fingerprint density at radius 2 is 2.24 bits per heavy atom. The molecular weight excluding hydrogens is 230 g/mol. The Kier molecular flexibility index (Phi) is 5.49. The highest BCUT2D eigenvalue weighted by molar-refractivity contribution is 7.99. The Morgan fingerprint density at radius 3 is 2.88 bits per heavy atom. The monoisotopic (exact) mass is 255 g/mol. The third-order valence-corrected chi connectivity index (χ3v) is 4.56. The minimum absolute atomic E-state index is 0.618. The molecule has 0 radical (unpaired) electrons. The van der Waals surface area contributed by atoms with Crippen molar-refractivity contribution in [3.05, 3.63) is 0 Å². The molecule has 1 unspecified atom stereocenters. The van der Waals surface area contributed by atoms with E-state index in [4.69, 9.17) is 0 Å². The minimum Gasteiger partial charge on any atom is -0.357 e. The van der Waals surface area contributed by atoms with Crippen LogP contribution in [0.25, 0.3) is 0 Å². The van der Waals surface area contributed by atoms with E-state index in [9.17, 15) is 0 Å². The Balaban J connectivity index is 1.72. The van der Waals surface area contributed by atoms with Crippen LogP contribution in [0.4, 0.5) is 0 Å². The number of aliphatic imine (C=N–C) groups is 1. The van der Waals surface area contributed by atoms with Crippen molar-refractivity contribution in [2.45, 2.75) is 45.1 Å². The number of guanidine groups is 1. The zero-order chi connectivity index (χ0) is 11.9. The maximum atomic E-state index is 4.67. The molecule has 1 aliphatic heterocycles. The summed E-state index contributed by atoms with van der Waals surface area (Å²) in [4.78, 5) is 4.67. The SMILES string of the molecule is CCNC(=NCCC1CC1)NC1CCCSC1. The van der Waals surface area contributed by atoms with Crippen LogP contribution in [0, 0.1) is 5.92 Å². The molecule has 2 N–H and O–H groups in total. The van der Waals surface area contributed by atoms with Crippen LogP contribution >= 0.6 is 11.8 Å². The summed E-state index contributed by atoms with van der Waals surface area (Å²) in [6, 6.07) is 0.618. The normalized spacial score (nSPS) is 25.7. The average Bonchev–Trinajstić information content (AvgIpc) is 3.15. The molecule has 0 aromatic heterocycles. The molecule has 98 valence electrons. The second-order valence-corrected chi connectivity index (χ2v) is 6.20. The first-order valence-electron chi connectivity index (χ1n) is 7.01. The summed E-state index contributed by atoms with van der Waals surface area (Å²) in [7, 11) is 0. The number of hydrogen-bond donors (Lipinski definition) is 2. The number of hydrogen-bond acceptors (Lipinski definition) is 2. The lowest BCUT2D eigenvalue weighted by atomic mass is 10.2. The highest BCUT2D eigenvalue weighted by Crippen LogP contribution is 2.32. The van der Waals surface area contributed by atoms with E-state index in [1.807, 2.05) is 0 Å². The van der Waals surface area contributed by atoms with E-state index in [0.29, 0.717) is 6.04 Å². The largest absolute Gasteiger partial charge is 0.357 e. The maximum Gasteiger partial charge on any atom is 0.191 e. The molecule has 1 aliphatic carbocycles. The van der Waals surface area contributed by atoms with Crippen molar-refractivity contribution in [3.63, 3.8) is 0 Å². The van der Waals surface area contributed by atoms with Crippen LogP contribution in [0.1, 0.15) is 39.0 Å². The van der Waals surface area contributed by atoms with Crippen molar-refractivity contribution in [2.24, 2.45) is 10.9 Å². The summed E-state index contributed by atoms with van der Waals surface area (Å²) in [5, 5.41) is 6.92. The van der Waals surface area contributed by atoms with Gasteiger partial charge in [0.2, 0.25) is 0 Å². The minimum atomic E-state index is 0.618. The van der Waals surface area contributed by atoms with Gasteiger partial charge in [-0.1, -0.05) is 12.8 Å². The van der Waals surface area contributed by atoms with E-state index >= 15 is 0 Å². The summed E-state index contributed by atoms with van der Waals surface area (Å²) >= 11 is 2.06. The van der Waals surface area contributed by atoms with Gasteiger partial charge < -0.3 is 10.6 Å². The molecule has 1 atom stereocenters. The first-order valence-corrected chi connectivity index (χ1v) is 8.16. The lowest BCUT2D eigenvalue weighted by Crippen LogP contribution is -2.45. The molecule has 0 bridgehead atoms. The standard InChI is InChI=1S/C13H25N3S/c1-2-14-13(15-8-7-11-5-6-11)16-12-4-3-9-17-10-12/h11-12H,2-10H2,1H3,(H2,14,15,16). The first kappa shape index (κ1) is 13.1. The van der Waals surface area contributed by atoms with Gasteiger partial charge in [0, 0.05) is 24.9 Å². The molecular formula is C13H25N3S. The van der Waals surface area contributed by atoms with Crippen molar-refractivity contribution in [2.75, 3.05) is 24.6 Å². The van der Waals surface area contributed by atoms with E-state index in [2.05, 4.69) is 34.3 Å². The fourth-order valence-corrected chi connectivity index (χ4v) is 3.21. The van der Waals surface area contributed by atoms with E-state index in [1.54, 1.807) is 0 Å². The Bertz CT molecular complexity index is 245. The zero-order valence-corrected chi connectivity index (χ0v) is 11.7. The molecule has 1 saturated carbocycles. The van der Waals surface area contributed by atoms with E-state index in [0.717, 1.165) is 25.0 Å². The van der Waals surface area contributed by atoms with E-state index in [-0.39, 0.29) is 0 Å². The van der Waals surface area contributed by atoms with Crippen LogP contribution in [0.2, 0.25) is 0 Å². The predicted molar refractivity (Wildman–Crippen MR) is 76.8 cm³/mol. The molecule has 3 nitrogen and oxygen atoms in total. The third-order valence-electron chi connectivity index (χ3n) is 3.35. The lowest BCUT2D eigenvalue weighted by molar-refractivity contribution is 0.581. The van der Waals surface area contributed by atoms with Gasteiger partial charge in [-0.25, -0.2) is 0 Å². The summed E-state index contributed by atoms with van der Waals surface area (Å²) in [5.74, 6) is 4.56. The van der Waals surface area contributed by atoms with Crippen LogP contribution in [0.3, 0.4) is 0 Å². The Hall–Kier alpha value is -0.380. The highest BCUT2D eigenvalue weighted by Gasteiger charge is 2.20. The number of nitrogens with one attached hydrogen (secondary N) is 2. The quantitative estimate of drug-likeness (QED) is 0.584. The molecule has 0 aromatic carbocycles. The Morgan fingerprint density at radius 1 is 1.35 bits per heavy atom. The van der Waals surface area contributed by atoms with Gasteiger partial charge in [-0.3, -0.25) is 4.99 Å². The smallest absolute Gasteiger partial charge is 0.191 e. The molecule has 0 spiro atoms. The van der Waals surface area contributed by atoms with E-state index < -0.39 is 0 Å². The molecule has 0 amide bonds. The number of thioether (sulfide) groups is 1. The second kappa shape index (κ2) is 7.14. The molecule has 2 aliphatic rings.